The zero-order valence-corrected chi connectivity index (χ0v) is 5.16. The van der Waals surface area contributed by atoms with Gasteiger partial charge in [0.2, 0.25) is 5.85 Å². The van der Waals surface area contributed by atoms with Crippen LogP contribution in [-0.2, 0) is 4.79 Å². The average Bonchev–Trinajstić information content (AvgIpc) is 2.12. The van der Waals surface area contributed by atoms with E-state index in [0.717, 1.165) is 0 Å². The van der Waals surface area contributed by atoms with E-state index >= 15 is 0 Å². The molecule has 1 aliphatic heterocycles. The Bertz CT molecular complexity index is 170. The predicted molar refractivity (Wildman–Crippen MR) is 32.6 cm³/mol. The lowest BCUT2D eigenvalue weighted by molar-refractivity contribution is -0.144. The van der Waals surface area contributed by atoms with Crippen molar-refractivity contribution in [3.63, 3.8) is 0 Å². The Labute approximate surface area is 57.4 Å². The molecular formula is C5H8N2O3. The van der Waals surface area contributed by atoms with Gasteiger partial charge in [-0.15, -0.1) is 0 Å². The van der Waals surface area contributed by atoms with Gasteiger partial charge in [-0.25, -0.2) is 0 Å². The SMILES string of the molecule is O=C(O)CC1(O)NC=CN1. The van der Waals surface area contributed by atoms with Crippen LogP contribution >= 0.6 is 0 Å². The third-order valence-corrected chi connectivity index (χ3v) is 1.13. The summed E-state index contributed by atoms with van der Waals surface area (Å²) in [4.78, 5) is 10.1. The van der Waals surface area contributed by atoms with Gasteiger partial charge in [0.05, 0.1) is 0 Å². The first-order chi connectivity index (χ1) is 4.62. The van der Waals surface area contributed by atoms with Gasteiger partial charge in [0, 0.05) is 12.4 Å². The summed E-state index contributed by atoms with van der Waals surface area (Å²) in [5.74, 6) is -2.56. The van der Waals surface area contributed by atoms with E-state index in [-0.39, 0.29) is 6.42 Å². The monoisotopic (exact) mass is 144 g/mol. The van der Waals surface area contributed by atoms with E-state index in [9.17, 15) is 9.90 Å². The van der Waals surface area contributed by atoms with Crippen LogP contribution in [0, 0.1) is 0 Å². The second-order valence-corrected chi connectivity index (χ2v) is 2.05. The number of hydrogen-bond acceptors (Lipinski definition) is 4. The fourth-order valence-electron chi connectivity index (χ4n) is 0.722. The van der Waals surface area contributed by atoms with Crippen molar-refractivity contribution in [2.24, 2.45) is 0 Å². The normalized spacial score (nSPS) is 19.7. The Hall–Kier alpha value is -1.23. The minimum absolute atomic E-state index is 0.375. The van der Waals surface area contributed by atoms with Gasteiger partial charge in [0.15, 0.2) is 0 Å². The van der Waals surface area contributed by atoms with Gasteiger partial charge < -0.3 is 20.8 Å². The third kappa shape index (κ3) is 1.38. The summed E-state index contributed by atoms with van der Waals surface area (Å²) < 4.78 is 0. The molecule has 0 fully saturated rings. The smallest absolute Gasteiger partial charge is 0.310 e. The standard InChI is InChI=1S/C5H8N2O3/c8-4(9)3-5(10)6-1-2-7-5/h1-2,6-7,10H,3H2,(H,8,9). The van der Waals surface area contributed by atoms with Gasteiger partial charge in [0.25, 0.3) is 0 Å². The number of carboxylic acid groups (broad SMARTS) is 1. The van der Waals surface area contributed by atoms with Crippen LogP contribution in [0.5, 0.6) is 0 Å². The van der Waals surface area contributed by atoms with Gasteiger partial charge in [-0.2, -0.15) is 0 Å². The predicted octanol–water partition coefficient (Wildman–Crippen LogP) is -1.23. The lowest BCUT2D eigenvalue weighted by Gasteiger charge is -2.21. The van der Waals surface area contributed by atoms with E-state index in [1.807, 2.05) is 0 Å². The Morgan fingerprint density at radius 3 is 2.40 bits per heavy atom. The molecule has 0 amide bonds. The van der Waals surface area contributed by atoms with Crippen LogP contribution in [0.2, 0.25) is 0 Å². The van der Waals surface area contributed by atoms with E-state index in [0.29, 0.717) is 0 Å². The number of carbonyl (C=O) groups is 1. The highest BCUT2D eigenvalue weighted by atomic mass is 16.4. The molecule has 1 aliphatic rings. The minimum atomic E-state index is -1.49. The van der Waals surface area contributed by atoms with Gasteiger partial charge in [-0.05, 0) is 0 Å². The average molecular weight is 144 g/mol. The molecule has 0 saturated heterocycles. The molecule has 5 heteroatoms. The highest BCUT2D eigenvalue weighted by Crippen LogP contribution is 2.05. The van der Waals surface area contributed by atoms with E-state index in [1.165, 1.54) is 12.4 Å². The van der Waals surface area contributed by atoms with Crippen molar-refractivity contribution < 1.29 is 15.0 Å². The first-order valence-electron chi connectivity index (χ1n) is 2.77. The number of nitrogens with one attached hydrogen (secondary N) is 2. The van der Waals surface area contributed by atoms with Crippen LogP contribution in [0.1, 0.15) is 6.42 Å². The van der Waals surface area contributed by atoms with Crippen molar-refractivity contribution in [1.29, 1.82) is 0 Å². The van der Waals surface area contributed by atoms with E-state index in [1.54, 1.807) is 0 Å². The fraction of sp³-hybridized carbons (Fsp3) is 0.400. The molecular weight excluding hydrogens is 136 g/mol. The molecule has 10 heavy (non-hydrogen) atoms. The molecule has 0 radical (unpaired) electrons. The van der Waals surface area contributed by atoms with E-state index in [4.69, 9.17) is 5.11 Å². The fourth-order valence-corrected chi connectivity index (χ4v) is 0.722. The minimum Gasteiger partial charge on any atom is -0.481 e. The zero-order valence-electron chi connectivity index (χ0n) is 5.16. The quantitative estimate of drug-likeness (QED) is 0.390. The van der Waals surface area contributed by atoms with Gasteiger partial charge in [-0.1, -0.05) is 0 Å². The lowest BCUT2D eigenvalue weighted by atomic mass is 10.3. The van der Waals surface area contributed by atoms with Crippen molar-refractivity contribution in [3.05, 3.63) is 12.4 Å². The Morgan fingerprint density at radius 1 is 1.50 bits per heavy atom. The highest BCUT2D eigenvalue weighted by Gasteiger charge is 2.29. The molecule has 0 saturated carbocycles. The molecule has 0 aromatic rings. The summed E-state index contributed by atoms with van der Waals surface area (Å²) >= 11 is 0. The Kier molecular flexibility index (Phi) is 1.50. The molecule has 0 unspecified atom stereocenters. The molecule has 0 aliphatic carbocycles. The topological polar surface area (TPSA) is 81.6 Å². The Morgan fingerprint density at radius 2 is 2.00 bits per heavy atom. The number of carboxylic acids is 1. The molecule has 1 heterocycles. The molecule has 0 aromatic heterocycles. The number of aliphatic carboxylic acids is 1. The number of aliphatic hydroxyl groups is 1. The second kappa shape index (κ2) is 2.18. The molecule has 0 spiro atoms. The molecule has 5 nitrogen and oxygen atoms in total. The third-order valence-electron chi connectivity index (χ3n) is 1.13. The summed E-state index contributed by atoms with van der Waals surface area (Å²) in [5, 5.41) is 22.4. The molecule has 0 atom stereocenters. The van der Waals surface area contributed by atoms with Crippen LogP contribution in [0.4, 0.5) is 0 Å². The van der Waals surface area contributed by atoms with Crippen molar-refractivity contribution in [3.8, 4) is 0 Å². The van der Waals surface area contributed by atoms with E-state index < -0.39 is 11.8 Å². The van der Waals surface area contributed by atoms with Gasteiger partial charge in [-0.3, -0.25) is 4.79 Å². The molecule has 1 rings (SSSR count). The molecule has 0 aromatic carbocycles. The summed E-state index contributed by atoms with van der Waals surface area (Å²) in [5.41, 5.74) is 0. The maximum Gasteiger partial charge on any atom is 0.310 e. The zero-order chi connectivity index (χ0) is 7.61. The van der Waals surface area contributed by atoms with Crippen molar-refractivity contribution >= 4 is 5.97 Å². The van der Waals surface area contributed by atoms with Crippen molar-refractivity contribution in [2.45, 2.75) is 12.3 Å². The number of hydrogen-bond donors (Lipinski definition) is 4. The van der Waals surface area contributed by atoms with Gasteiger partial charge >= 0.3 is 5.97 Å². The molecule has 56 valence electrons. The first kappa shape index (κ1) is 6.88. The maximum atomic E-state index is 10.1. The summed E-state index contributed by atoms with van der Waals surface area (Å²) in [6.07, 6.45) is 2.52. The van der Waals surface area contributed by atoms with Crippen LogP contribution in [0.3, 0.4) is 0 Å². The van der Waals surface area contributed by atoms with E-state index in [2.05, 4.69) is 10.6 Å². The molecule has 4 N–H and O–H groups in total. The van der Waals surface area contributed by atoms with Crippen LogP contribution in [0.15, 0.2) is 12.4 Å². The summed E-state index contributed by atoms with van der Waals surface area (Å²) in [6, 6.07) is 0. The lowest BCUT2D eigenvalue weighted by Crippen LogP contribution is -2.50. The highest BCUT2D eigenvalue weighted by molar-refractivity contribution is 5.68. The maximum absolute atomic E-state index is 10.1. The van der Waals surface area contributed by atoms with Crippen LogP contribution < -0.4 is 10.6 Å². The largest absolute Gasteiger partial charge is 0.481 e. The summed E-state index contributed by atoms with van der Waals surface area (Å²) in [7, 11) is 0. The van der Waals surface area contributed by atoms with Crippen molar-refractivity contribution in [2.75, 3.05) is 0 Å². The van der Waals surface area contributed by atoms with Crippen LogP contribution in [-0.4, -0.2) is 22.0 Å². The van der Waals surface area contributed by atoms with Crippen molar-refractivity contribution in [1.82, 2.24) is 10.6 Å². The van der Waals surface area contributed by atoms with Crippen LogP contribution in [0.25, 0.3) is 0 Å². The van der Waals surface area contributed by atoms with Gasteiger partial charge in [0.1, 0.15) is 6.42 Å². The summed E-state index contributed by atoms with van der Waals surface area (Å²) in [6.45, 7) is 0. The first-order valence-corrected chi connectivity index (χ1v) is 2.77. The second-order valence-electron chi connectivity index (χ2n) is 2.05. The molecule has 0 bridgehead atoms. The number of rotatable bonds is 2. The Balaban J connectivity index is 2.46.